The normalized spacial score (nSPS) is 31.6. The van der Waals surface area contributed by atoms with Crippen LogP contribution in [0.5, 0.6) is 0 Å². The number of unbranched alkanes of at least 4 members (excludes halogenated alkanes) is 1. The molecule has 2 N–H and O–H groups in total. The zero-order chi connectivity index (χ0) is 12.0. The van der Waals surface area contributed by atoms with Gasteiger partial charge in [-0.1, -0.05) is 19.4 Å². The highest BCUT2D eigenvalue weighted by Gasteiger charge is 2.43. The van der Waals surface area contributed by atoms with E-state index in [4.69, 9.17) is 0 Å². The van der Waals surface area contributed by atoms with Crippen molar-refractivity contribution in [2.75, 3.05) is 13.2 Å². The van der Waals surface area contributed by atoms with Crippen LogP contribution in [-0.2, 0) is 0 Å². The molecule has 0 amide bonds. The molecule has 3 atom stereocenters. The number of rotatable bonds is 7. The smallest absolute Gasteiger partial charge is 0.0490 e. The van der Waals surface area contributed by atoms with E-state index in [0.29, 0.717) is 11.8 Å². The van der Waals surface area contributed by atoms with Crippen LogP contribution < -0.4 is 0 Å². The third kappa shape index (κ3) is 2.86. The molecule has 0 heterocycles. The fourth-order valence-corrected chi connectivity index (χ4v) is 3.37. The standard InChI is InChI=1S/C14H26O2/c1-3-4-5-8-14(11-16)9-6-7-13(14)12(2)10-15/h3,12-13,15-16H,1,4-11H2,2H3/t12-,13+,14-/m0/s1. The number of allylic oxidation sites excluding steroid dienone is 1. The van der Waals surface area contributed by atoms with Gasteiger partial charge in [0.25, 0.3) is 0 Å². The van der Waals surface area contributed by atoms with Crippen LogP contribution in [0, 0.1) is 17.3 Å². The summed E-state index contributed by atoms with van der Waals surface area (Å²) in [7, 11) is 0. The molecule has 2 heteroatoms. The molecule has 0 aliphatic heterocycles. The lowest BCUT2D eigenvalue weighted by atomic mass is 9.70. The molecule has 0 spiro atoms. The van der Waals surface area contributed by atoms with Gasteiger partial charge in [0, 0.05) is 13.2 Å². The van der Waals surface area contributed by atoms with E-state index in [9.17, 15) is 10.2 Å². The van der Waals surface area contributed by atoms with Crippen LogP contribution in [0.1, 0.15) is 45.4 Å². The molecule has 1 aliphatic rings. The molecule has 0 saturated heterocycles. The molecule has 1 aliphatic carbocycles. The van der Waals surface area contributed by atoms with Gasteiger partial charge in [0.15, 0.2) is 0 Å². The Kier molecular flexibility index (Phi) is 5.50. The zero-order valence-electron chi connectivity index (χ0n) is 10.5. The molecule has 16 heavy (non-hydrogen) atoms. The summed E-state index contributed by atoms with van der Waals surface area (Å²) >= 11 is 0. The van der Waals surface area contributed by atoms with Crippen LogP contribution >= 0.6 is 0 Å². The van der Waals surface area contributed by atoms with Crippen LogP contribution in [0.15, 0.2) is 12.7 Å². The van der Waals surface area contributed by atoms with Crippen LogP contribution in [0.3, 0.4) is 0 Å². The first-order valence-electron chi connectivity index (χ1n) is 6.53. The number of hydrogen-bond acceptors (Lipinski definition) is 2. The van der Waals surface area contributed by atoms with Gasteiger partial charge in [0.05, 0.1) is 0 Å². The van der Waals surface area contributed by atoms with Crippen molar-refractivity contribution in [3.05, 3.63) is 12.7 Å². The van der Waals surface area contributed by atoms with E-state index in [-0.39, 0.29) is 18.6 Å². The van der Waals surface area contributed by atoms with E-state index < -0.39 is 0 Å². The summed E-state index contributed by atoms with van der Waals surface area (Å²) in [5, 5.41) is 19.0. The van der Waals surface area contributed by atoms with E-state index in [1.807, 2.05) is 6.08 Å². The summed E-state index contributed by atoms with van der Waals surface area (Å²) in [5.74, 6) is 0.811. The topological polar surface area (TPSA) is 40.5 Å². The van der Waals surface area contributed by atoms with Crippen LogP contribution in [0.25, 0.3) is 0 Å². The fraction of sp³-hybridized carbons (Fsp3) is 0.857. The van der Waals surface area contributed by atoms with E-state index in [0.717, 1.165) is 32.1 Å². The molecule has 0 aromatic heterocycles. The van der Waals surface area contributed by atoms with E-state index in [1.165, 1.54) is 6.42 Å². The van der Waals surface area contributed by atoms with Gasteiger partial charge in [-0.15, -0.1) is 6.58 Å². The Balaban J connectivity index is 2.63. The van der Waals surface area contributed by atoms with Crippen molar-refractivity contribution in [3.63, 3.8) is 0 Å². The van der Waals surface area contributed by atoms with Gasteiger partial charge in [-0.3, -0.25) is 0 Å². The Labute approximate surface area is 99.4 Å². The second kappa shape index (κ2) is 6.41. The molecular weight excluding hydrogens is 200 g/mol. The Morgan fingerprint density at radius 2 is 2.25 bits per heavy atom. The third-order valence-corrected chi connectivity index (χ3v) is 4.35. The van der Waals surface area contributed by atoms with Gasteiger partial charge in [0.2, 0.25) is 0 Å². The molecule has 1 fully saturated rings. The lowest BCUT2D eigenvalue weighted by Gasteiger charge is -2.37. The molecule has 2 nitrogen and oxygen atoms in total. The van der Waals surface area contributed by atoms with Gasteiger partial charge >= 0.3 is 0 Å². The van der Waals surface area contributed by atoms with Crippen molar-refractivity contribution in [1.82, 2.24) is 0 Å². The maximum Gasteiger partial charge on any atom is 0.0490 e. The summed E-state index contributed by atoms with van der Waals surface area (Å²) in [6.45, 7) is 6.37. The third-order valence-electron chi connectivity index (χ3n) is 4.35. The first-order chi connectivity index (χ1) is 7.70. The van der Waals surface area contributed by atoms with Gasteiger partial charge in [0.1, 0.15) is 0 Å². The van der Waals surface area contributed by atoms with Gasteiger partial charge < -0.3 is 10.2 Å². The Morgan fingerprint density at radius 1 is 1.50 bits per heavy atom. The number of hydrogen-bond donors (Lipinski definition) is 2. The Morgan fingerprint density at radius 3 is 2.81 bits per heavy atom. The molecule has 0 radical (unpaired) electrons. The minimum Gasteiger partial charge on any atom is -0.396 e. The Hall–Kier alpha value is -0.340. The summed E-state index contributed by atoms with van der Waals surface area (Å²) in [4.78, 5) is 0. The summed E-state index contributed by atoms with van der Waals surface area (Å²) in [6, 6.07) is 0. The summed E-state index contributed by atoms with van der Waals surface area (Å²) in [6.07, 6.45) is 8.64. The van der Waals surface area contributed by atoms with Crippen molar-refractivity contribution < 1.29 is 10.2 Å². The molecule has 94 valence electrons. The Bertz CT molecular complexity index is 215. The highest BCUT2D eigenvalue weighted by atomic mass is 16.3. The second-order valence-electron chi connectivity index (χ2n) is 5.36. The summed E-state index contributed by atoms with van der Waals surface area (Å²) < 4.78 is 0. The summed E-state index contributed by atoms with van der Waals surface area (Å²) in [5.41, 5.74) is 0.0746. The molecular formula is C14H26O2. The average Bonchev–Trinajstić information content (AvgIpc) is 2.73. The highest BCUT2D eigenvalue weighted by molar-refractivity contribution is 4.93. The highest BCUT2D eigenvalue weighted by Crippen LogP contribution is 2.49. The van der Waals surface area contributed by atoms with E-state index in [2.05, 4.69) is 13.5 Å². The van der Waals surface area contributed by atoms with Crippen molar-refractivity contribution in [2.24, 2.45) is 17.3 Å². The van der Waals surface area contributed by atoms with Crippen molar-refractivity contribution in [2.45, 2.75) is 45.4 Å². The second-order valence-corrected chi connectivity index (χ2v) is 5.36. The van der Waals surface area contributed by atoms with Crippen molar-refractivity contribution in [3.8, 4) is 0 Å². The van der Waals surface area contributed by atoms with Crippen molar-refractivity contribution >= 4 is 0 Å². The monoisotopic (exact) mass is 226 g/mol. The quantitative estimate of drug-likeness (QED) is 0.517. The zero-order valence-corrected chi connectivity index (χ0v) is 10.5. The van der Waals surface area contributed by atoms with E-state index in [1.54, 1.807) is 0 Å². The van der Waals surface area contributed by atoms with Crippen LogP contribution in [-0.4, -0.2) is 23.4 Å². The average molecular weight is 226 g/mol. The first kappa shape index (κ1) is 13.7. The number of aliphatic hydroxyl groups excluding tert-OH is 2. The minimum atomic E-state index is 0.0746. The molecule has 0 aromatic rings. The number of aliphatic hydroxyl groups is 2. The van der Waals surface area contributed by atoms with Crippen LogP contribution in [0.4, 0.5) is 0 Å². The molecule has 0 bridgehead atoms. The minimum absolute atomic E-state index is 0.0746. The van der Waals surface area contributed by atoms with Crippen LogP contribution in [0.2, 0.25) is 0 Å². The largest absolute Gasteiger partial charge is 0.396 e. The molecule has 1 saturated carbocycles. The molecule has 0 aromatic carbocycles. The van der Waals surface area contributed by atoms with Gasteiger partial charge in [-0.2, -0.15) is 0 Å². The lowest BCUT2D eigenvalue weighted by Crippen LogP contribution is -2.34. The van der Waals surface area contributed by atoms with Gasteiger partial charge in [-0.25, -0.2) is 0 Å². The fourth-order valence-electron chi connectivity index (χ4n) is 3.37. The maximum atomic E-state index is 9.72. The predicted molar refractivity (Wildman–Crippen MR) is 67.2 cm³/mol. The SMILES string of the molecule is C=CCCC[C@@]1(CO)CCC[C@@H]1[C@@H](C)CO. The van der Waals surface area contributed by atoms with Gasteiger partial charge in [-0.05, 0) is 49.4 Å². The maximum absolute atomic E-state index is 9.72. The first-order valence-corrected chi connectivity index (χ1v) is 6.53. The molecule has 1 rings (SSSR count). The molecule has 0 unspecified atom stereocenters. The predicted octanol–water partition coefficient (Wildman–Crippen LogP) is 2.75. The van der Waals surface area contributed by atoms with E-state index >= 15 is 0 Å². The van der Waals surface area contributed by atoms with Crippen molar-refractivity contribution in [1.29, 1.82) is 0 Å². The lowest BCUT2D eigenvalue weighted by molar-refractivity contribution is 0.0306.